The minimum absolute atomic E-state index is 0.141. The molecule has 0 amide bonds. The van der Waals surface area contributed by atoms with Gasteiger partial charge in [-0.1, -0.05) is 17.7 Å². The molecule has 0 spiro atoms. The van der Waals surface area contributed by atoms with E-state index in [9.17, 15) is 0 Å². The van der Waals surface area contributed by atoms with Gasteiger partial charge >= 0.3 is 0 Å². The van der Waals surface area contributed by atoms with Crippen LogP contribution in [-0.2, 0) is 0 Å². The topological polar surface area (TPSA) is 42.1 Å². The molecule has 0 radical (unpaired) electrons. The minimum atomic E-state index is 0.141. The third-order valence-electron chi connectivity index (χ3n) is 3.92. The number of nitrogens with two attached hydrogens (primary N) is 1. The van der Waals surface area contributed by atoms with E-state index in [0.717, 1.165) is 27.2 Å². The summed E-state index contributed by atoms with van der Waals surface area (Å²) in [5.74, 6) is 1.08. The number of hydrogen-bond acceptors (Lipinski definition) is 4. The Labute approximate surface area is 135 Å². The Balaban J connectivity index is 2.45. The predicted molar refractivity (Wildman–Crippen MR) is 94.2 cm³/mol. The van der Waals surface area contributed by atoms with Gasteiger partial charge in [0.2, 0.25) is 0 Å². The summed E-state index contributed by atoms with van der Waals surface area (Å²) in [6.45, 7) is 2.78. The minimum Gasteiger partial charge on any atom is -0.329 e. The number of rotatable bonds is 6. The Hall–Kier alpha value is -0.810. The lowest BCUT2D eigenvalue weighted by Crippen LogP contribution is -2.38. The first-order chi connectivity index (χ1) is 10.1. The van der Waals surface area contributed by atoms with Crippen LogP contribution >= 0.6 is 23.4 Å². The molecule has 21 heavy (non-hydrogen) atoms. The van der Waals surface area contributed by atoms with Crippen LogP contribution in [0.4, 0.5) is 0 Å². The number of aromatic nitrogens is 1. The van der Waals surface area contributed by atoms with E-state index in [2.05, 4.69) is 36.2 Å². The number of hydrogen-bond donors (Lipinski definition) is 1. The third-order valence-corrected chi connectivity index (χ3v) is 5.07. The molecule has 0 bridgehead atoms. The van der Waals surface area contributed by atoms with Crippen LogP contribution in [0.15, 0.2) is 30.5 Å². The normalized spacial score (nSPS) is 14.6. The summed E-state index contributed by atoms with van der Waals surface area (Å²) in [5, 5.41) is 1.72. The van der Waals surface area contributed by atoms with Crippen LogP contribution in [0.25, 0.3) is 10.9 Å². The van der Waals surface area contributed by atoms with Crippen molar-refractivity contribution >= 4 is 34.3 Å². The summed E-state index contributed by atoms with van der Waals surface area (Å²) in [6.07, 6.45) is 3.93. The first-order valence-electron chi connectivity index (χ1n) is 7.04. The fourth-order valence-electron chi connectivity index (χ4n) is 2.61. The van der Waals surface area contributed by atoms with Crippen LogP contribution in [0.5, 0.6) is 0 Å². The molecule has 2 unspecified atom stereocenters. The predicted octanol–water partition coefficient (Wildman–Crippen LogP) is 3.57. The van der Waals surface area contributed by atoms with Gasteiger partial charge in [-0.3, -0.25) is 9.88 Å². The maximum absolute atomic E-state index is 6.28. The van der Waals surface area contributed by atoms with Crippen LogP contribution in [0.2, 0.25) is 5.02 Å². The van der Waals surface area contributed by atoms with Gasteiger partial charge in [-0.05, 0) is 44.0 Å². The van der Waals surface area contributed by atoms with Crippen LogP contribution in [0.1, 0.15) is 18.5 Å². The lowest BCUT2D eigenvalue weighted by Gasteiger charge is -2.33. The summed E-state index contributed by atoms with van der Waals surface area (Å²) < 4.78 is 0. The summed E-state index contributed by atoms with van der Waals surface area (Å²) in [4.78, 5) is 6.85. The van der Waals surface area contributed by atoms with Crippen molar-refractivity contribution in [2.75, 3.05) is 25.6 Å². The molecule has 114 valence electrons. The number of fused-ring (bicyclic) bond motifs is 1. The average molecular weight is 324 g/mol. The molecule has 1 heterocycles. The summed E-state index contributed by atoms with van der Waals surface area (Å²) in [6, 6.07) is 8.50. The Kier molecular flexibility index (Phi) is 5.88. The van der Waals surface area contributed by atoms with Crippen molar-refractivity contribution in [2.24, 2.45) is 5.73 Å². The highest BCUT2D eigenvalue weighted by Gasteiger charge is 2.22. The molecule has 1 aromatic carbocycles. The molecule has 2 N–H and O–H groups in total. The molecule has 1 aromatic heterocycles. The molecule has 0 aliphatic carbocycles. The van der Waals surface area contributed by atoms with Gasteiger partial charge in [0.15, 0.2) is 0 Å². The maximum atomic E-state index is 6.28. The quantitative estimate of drug-likeness (QED) is 0.882. The van der Waals surface area contributed by atoms with E-state index in [0.29, 0.717) is 12.6 Å². The van der Waals surface area contributed by atoms with Gasteiger partial charge in [-0.15, -0.1) is 0 Å². The zero-order valence-electron chi connectivity index (χ0n) is 12.7. The average Bonchev–Trinajstić information content (AvgIpc) is 2.50. The first kappa shape index (κ1) is 16.6. The van der Waals surface area contributed by atoms with Gasteiger partial charge < -0.3 is 5.73 Å². The van der Waals surface area contributed by atoms with Gasteiger partial charge in [0.1, 0.15) is 0 Å². The van der Waals surface area contributed by atoms with Crippen molar-refractivity contribution in [3.8, 4) is 0 Å². The van der Waals surface area contributed by atoms with E-state index in [4.69, 9.17) is 17.3 Å². The molecule has 0 saturated heterocycles. The van der Waals surface area contributed by atoms with E-state index < -0.39 is 0 Å². The molecule has 0 saturated carbocycles. The Bertz CT molecular complexity index is 605. The number of benzene rings is 1. The number of nitrogens with zero attached hydrogens (tertiary/aromatic N) is 2. The zero-order valence-corrected chi connectivity index (χ0v) is 14.3. The fourth-order valence-corrected chi connectivity index (χ4v) is 3.54. The van der Waals surface area contributed by atoms with Crippen molar-refractivity contribution in [1.82, 2.24) is 9.88 Å². The standard InChI is InChI=1S/C16H22ClN3S/c1-11(10-21-3)20(2)15(9-18)13-6-7-14(17)12-5-4-8-19-16(12)13/h4-8,11,15H,9-10,18H2,1-3H3. The van der Waals surface area contributed by atoms with E-state index in [1.165, 1.54) is 0 Å². The second-order valence-corrected chi connectivity index (χ2v) is 6.58. The number of pyridine rings is 1. The summed E-state index contributed by atoms with van der Waals surface area (Å²) in [7, 11) is 2.13. The highest BCUT2D eigenvalue weighted by molar-refractivity contribution is 7.98. The van der Waals surface area contributed by atoms with Crippen LogP contribution in [0.3, 0.4) is 0 Å². The molecule has 0 aliphatic heterocycles. The fraction of sp³-hybridized carbons (Fsp3) is 0.438. The number of thioether (sulfide) groups is 1. The molecule has 3 nitrogen and oxygen atoms in total. The molecule has 5 heteroatoms. The molecule has 2 aromatic rings. The molecule has 0 aliphatic rings. The van der Waals surface area contributed by atoms with Crippen molar-refractivity contribution in [1.29, 1.82) is 0 Å². The van der Waals surface area contributed by atoms with E-state index >= 15 is 0 Å². The lowest BCUT2D eigenvalue weighted by molar-refractivity contribution is 0.205. The Morgan fingerprint density at radius 2 is 2.14 bits per heavy atom. The molecular formula is C16H22ClN3S. The molecular weight excluding hydrogens is 302 g/mol. The lowest BCUT2D eigenvalue weighted by atomic mass is 10.0. The van der Waals surface area contributed by atoms with Crippen molar-refractivity contribution in [3.05, 3.63) is 41.0 Å². The van der Waals surface area contributed by atoms with Gasteiger partial charge in [-0.2, -0.15) is 11.8 Å². The number of halogens is 1. The monoisotopic (exact) mass is 323 g/mol. The van der Waals surface area contributed by atoms with Crippen molar-refractivity contribution < 1.29 is 0 Å². The summed E-state index contributed by atoms with van der Waals surface area (Å²) >= 11 is 8.13. The number of likely N-dealkylation sites (N-methyl/N-ethyl adjacent to an activating group) is 1. The van der Waals surface area contributed by atoms with Crippen molar-refractivity contribution in [3.63, 3.8) is 0 Å². The highest BCUT2D eigenvalue weighted by atomic mass is 35.5. The third kappa shape index (κ3) is 3.51. The Morgan fingerprint density at radius 1 is 1.38 bits per heavy atom. The van der Waals surface area contributed by atoms with E-state index in [-0.39, 0.29) is 6.04 Å². The molecule has 2 atom stereocenters. The van der Waals surface area contributed by atoms with Gasteiger partial charge in [0, 0.05) is 41.0 Å². The zero-order chi connectivity index (χ0) is 15.4. The smallest absolute Gasteiger partial charge is 0.0765 e. The van der Waals surface area contributed by atoms with Gasteiger partial charge in [0.05, 0.1) is 5.52 Å². The van der Waals surface area contributed by atoms with Gasteiger partial charge in [0.25, 0.3) is 0 Å². The summed E-state index contributed by atoms with van der Waals surface area (Å²) in [5.41, 5.74) is 8.15. The van der Waals surface area contributed by atoms with Crippen LogP contribution in [-0.4, -0.2) is 41.5 Å². The second kappa shape index (κ2) is 7.45. The van der Waals surface area contributed by atoms with E-state index in [1.54, 1.807) is 6.20 Å². The molecule has 0 fully saturated rings. The Morgan fingerprint density at radius 3 is 2.81 bits per heavy atom. The van der Waals surface area contributed by atoms with Gasteiger partial charge in [-0.25, -0.2) is 0 Å². The SMILES string of the molecule is CSCC(C)N(C)C(CN)c1ccc(Cl)c2cccnc12. The van der Waals surface area contributed by atoms with Crippen LogP contribution in [0, 0.1) is 0 Å². The molecule has 2 rings (SSSR count). The largest absolute Gasteiger partial charge is 0.329 e. The van der Waals surface area contributed by atoms with Crippen LogP contribution < -0.4 is 5.73 Å². The highest BCUT2D eigenvalue weighted by Crippen LogP contribution is 2.31. The second-order valence-electron chi connectivity index (χ2n) is 5.26. The van der Waals surface area contributed by atoms with Crippen molar-refractivity contribution in [2.45, 2.75) is 19.0 Å². The maximum Gasteiger partial charge on any atom is 0.0765 e. The van der Waals surface area contributed by atoms with E-state index in [1.807, 2.05) is 30.0 Å². The first-order valence-corrected chi connectivity index (χ1v) is 8.81.